The van der Waals surface area contributed by atoms with E-state index in [0.717, 1.165) is 77.9 Å². The van der Waals surface area contributed by atoms with E-state index >= 15 is 0 Å². The highest BCUT2D eigenvalue weighted by molar-refractivity contribution is 5.87. The van der Waals surface area contributed by atoms with Crippen LogP contribution in [0.25, 0.3) is 27.8 Å². The number of aliphatic hydroxyl groups is 1. The first-order chi connectivity index (χ1) is 21.2. The molecule has 1 saturated carbocycles. The number of pyridine rings is 2. The molecule has 1 aliphatic carbocycles. The van der Waals surface area contributed by atoms with Crippen LogP contribution in [0.4, 0.5) is 10.5 Å². The van der Waals surface area contributed by atoms with Crippen LogP contribution < -0.4 is 4.90 Å². The molecule has 4 aromatic rings. The zero-order valence-corrected chi connectivity index (χ0v) is 25.8. The van der Waals surface area contributed by atoms with Gasteiger partial charge in [-0.25, -0.2) is 9.31 Å². The van der Waals surface area contributed by atoms with Gasteiger partial charge in [-0.05, 0) is 63.4 Å². The van der Waals surface area contributed by atoms with Gasteiger partial charge in [0.1, 0.15) is 11.7 Å². The van der Waals surface area contributed by atoms with Crippen LogP contribution in [0.1, 0.15) is 64.1 Å². The zero-order valence-electron chi connectivity index (χ0n) is 25.8. The highest BCUT2D eigenvalue weighted by atomic mass is 16.6. The molecular weight excluding hydrogens is 552 g/mol. The van der Waals surface area contributed by atoms with Gasteiger partial charge < -0.3 is 19.6 Å². The summed E-state index contributed by atoms with van der Waals surface area (Å²) in [7, 11) is 0. The number of nitriles is 1. The van der Waals surface area contributed by atoms with E-state index in [0.29, 0.717) is 18.7 Å². The number of anilines is 1. The Kier molecular flexibility index (Phi) is 8.04. The minimum absolute atomic E-state index is 0.107. The van der Waals surface area contributed by atoms with E-state index in [1.54, 1.807) is 15.6 Å². The van der Waals surface area contributed by atoms with Crippen molar-refractivity contribution in [3.8, 4) is 28.3 Å². The van der Waals surface area contributed by atoms with Crippen LogP contribution in [0.3, 0.4) is 0 Å². The summed E-state index contributed by atoms with van der Waals surface area (Å²) in [5, 5.41) is 24.6. The van der Waals surface area contributed by atoms with Gasteiger partial charge in [0.15, 0.2) is 0 Å². The normalized spacial score (nSPS) is 17.0. The lowest BCUT2D eigenvalue weighted by Gasteiger charge is -2.36. The monoisotopic (exact) mass is 592 g/mol. The van der Waals surface area contributed by atoms with Crippen LogP contribution in [0.5, 0.6) is 0 Å². The van der Waals surface area contributed by atoms with Crippen molar-refractivity contribution in [1.82, 2.24) is 19.5 Å². The van der Waals surface area contributed by atoms with Gasteiger partial charge >= 0.3 is 6.09 Å². The number of nitrogens with zero attached hydrogens (tertiary/aromatic N) is 6. The Balaban J connectivity index is 1.25. The van der Waals surface area contributed by atoms with Gasteiger partial charge in [-0.2, -0.15) is 10.4 Å². The summed E-state index contributed by atoms with van der Waals surface area (Å²) >= 11 is 0. The maximum absolute atomic E-state index is 12.5. The van der Waals surface area contributed by atoms with E-state index in [-0.39, 0.29) is 18.1 Å². The lowest BCUT2D eigenvalue weighted by Crippen LogP contribution is -2.50. The molecule has 0 bridgehead atoms. The topological polar surface area (TPSA) is 107 Å². The van der Waals surface area contributed by atoms with E-state index in [1.165, 1.54) is 6.42 Å². The summed E-state index contributed by atoms with van der Waals surface area (Å²) in [4.78, 5) is 21.4. The number of carbonyl (C=O) groups excluding carboxylic acids is 1. The van der Waals surface area contributed by atoms with Crippen molar-refractivity contribution in [2.45, 2.75) is 63.9 Å². The molecule has 1 aliphatic heterocycles. The first kappa shape index (κ1) is 29.6. The van der Waals surface area contributed by atoms with Crippen molar-refractivity contribution >= 4 is 17.3 Å². The molecule has 1 amide bonds. The van der Waals surface area contributed by atoms with Crippen molar-refractivity contribution < 1.29 is 14.6 Å². The highest BCUT2D eigenvalue weighted by Crippen LogP contribution is 2.39. The highest BCUT2D eigenvalue weighted by Gasteiger charge is 2.34. The molecule has 228 valence electrons. The van der Waals surface area contributed by atoms with E-state index in [2.05, 4.69) is 52.5 Å². The number of aliphatic hydroxyl groups excluding tert-OH is 1. The molecule has 44 heavy (non-hydrogen) atoms. The molecule has 9 nitrogen and oxygen atoms in total. The number of piperazine rings is 1. The Morgan fingerprint density at radius 1 is 0.977 bits per heavy atom. The Bertz CT molecular complexity index is 1670. The summed E-state index contributed by atoms with van der Waals surface area (Å²) in [6, 6.07) is 16.9. The fourth-order valence-electron chi connectivity index (χ4n) is 6.51. The number of carbonyl (C=O) groups is 1. The van der Waals surface area contributed by atoms with Crippen LogP contribution in [0.2, 0.25) is 0 Å². The molecule has 6 rings (SSSR count). The van der Waals surface area contributed by atoms with Gasteiger partial charge in [-0.15, -0.1) is 0 Å². The number of benzene rings is 1. The third-order valence-corrected chi connectivity index (χ3v) is 8.96. The van der Waals surface area contributed by atoms with E-state index in [9.17, 15) is 15.2 Å². The number of fused-ring (bicyclic) bond motifs is 1. The molecule has 1 aromatic carbocycles. The second kappa shape index (κ2) is 11.9. The molecule has 9 heteroatoms. The number of ether oxygens (including phenoxy) is 1. The second-order valence-electron chi connectivity index (χ2n) is 13.0. The Morgan fingerprint density at radius 2 is 1.68 bits per heavy atom. The molecule has 1 saturated heterocycles. The number of amides is 1. The number of hydrogen-bond donors (Lipinski definition) is 1. The first-order valence-electron chi connectivity index (χ1n) is 15.5. The third-order valence-electron chi connectivity index (χ3n) is 8.96. The van der Waals surface area contributed by atoms with Crippen LogP contribution >= 0.6 is 0 Å². The lowest BCUT2D eigenvalue weighted by atomic mass is 9.72. The standard InChI is InChI=1S/C35H40N6O3/c1-34(2,3)44-33(43)40-17-15-39(16-18-40)29-10-7-25(8-11-29)27-19-30(32-28(20-36)22-38-41(32)23-27)26-9-12-31(37-21-26)35(24-42)13-5-4-6-14-35/h7-12,19,21-23,42H,4-6,13-18,24H2,1-3H3. The Labute approximate surface area is 258 Å². The molecule has 0 spiro atoms. The molecule has 2 fully saturated rings. The van der Waals surface area contributed by atoms with E-state index < -0.39 is 5.60 Å². The largest absolute Gasteiger partial charge is 0.444 e. The molecule has 0 unspecified atom stereocenters. The molecule has 2 aliphatic rings. The van der Waals surface area contributed by atoms with Gasteiger partial charge in [0.25, 0.3) is 0 Å². The van der Waals surface area contributed by atoms with Crippen molar-refractivity contribution in [3.63, 3.8) is 0 Å². The van der Waals surface area contributed by atoms with E-state index in [4.69, 9.17) is 9.72 Å². The van der Waals surface area contributed by atoms with Crippen molar-refractivity contribution in [2.24, 2.45) is 0 Å². The smallest absolute Gasteiger partial charge is 0.410 e. The molecular formula is C35H40N6O3. The summed E-state index contributed by atoms with van der Waals surface area (Å²) in [5.74, 6) is 0. The summed E-state index contributed by atoms with van der Waals surface area (Å²) in [6.07, 6.45) is 10.5. The van der Waals surface area contributed by atoms with Crippen LogP contribution in [0, 0.1) is 11.3 Å². The summed E-state index contributed by atoms with van der Waals surface area (Å²) < 4.78 is 7.31. The molecule has 1 N–H and O–H groups in total. The van der Waals surface area contributed by atoms with Gasteiger partial charge in [0, 0.05) is 72.1 Å². The SMILES string of the molecule is CC(C)(C)OC(=O)N1CCN(c2ccc(-c3cc(-c4ccc(C5(CO)CCCCC5)nc4)c4c(C#N)cnn4c3)cc2)CC1. The van der Waals surface area contributed by atoms with Gasteiger partial charge in [0.05, 0.1) is 23.9 Å². The number of rotatable bonds is 5. The van der Waals surface area contributed by atoms with Gasteiger partial charge in [-0.1, -0.05) is 37.5 Å². The fraction of sp³-hybridized carbons (Fsp3) is 0.429. The molecule has 4 heterocycles. The Morgan fingerprint density at radius 3 is 2.30 bits per heavy atom. The average molecular weight is 593 g/mol. The quantitative estimate of drug-likeness (QED) is 0.295. The maximum Gasteiger partial charge on any atom is 0.410 e. The predicted molar refractivity (Wildman–Crippen MR) is 170 cm³/mol. The molecule has 0 radical (unpaired) electrons. The zero-order chi connectivity index (χ0) is 30.9. The van der Waals surface area contributed by atoms with Gasteiger partial charge in [0.2, 0.25) is 0 Å². The first-order valence-corrected chi connectivity index (χ1v) is 15.5. The predicted octanol–water partition coefficient (Wildman–Crippen LogP) is 6.19. The van der Waals surface area contributed by atoms with Crippen LogP contribution in [-0.4, -0.2) is 69.1 Å². The van der Waals surface area contributed by atoms with Crippen molar-refractivity contribution in [1.29, 1.82) is 5.26 Å². The Hall–Kier alpha value is -4.42. The van der Waals surface area contributed by atoms with Crippen LogP contribution in [-0.2, 0) is 10.2 Å². The fourth-order valence-corrected chi connectivity index (χ4v) is 6.51. The minimum atomic E-state index is -0.503. The minimum Gasteiger partial charge on any atom is -0.444 e. The van der Waals surface area contributed by atoms with E-state index in [1.807, 2.05) is 39.2 Å². The average Bonchev–Trinajstić information content (AvgIpc) is 3.47. The second-order valence-corrected chi connectivity index (χ2v) is 13.0. The van der Waals surface area contributed by atoms with Crippen molar-refractivity contribution in [3.05, 3.63) is 72.3 Å². The third kappa shape index (κ3) is 5.87. The number of aromatic nitrogens is 3. The van der Waals surface area contributed by atoms with Gasteiger partial charge in [-0.3, -0.25) is 4.98 Å². The van der Waals surface area contributed by atoms with Crippen LogP contribution in [0.15, 0.2) is 61.1 Å². The van der Waals surface area contributed by atoms with Crippen molar-refractivity contribution in [2.75, 3.05) is 37.7 Å². The number of hydrogen-bond acceptors (Lipinski definition) is 7. The molecule has 0 atom stereocenters. The summed E-state index contributed by atoms with van der Waals surface area (Å²) in [6.45, 7) is 8.46. The lowest BCUT2D eigenvalue weighted by molar-refractivity contribution is 0.0240. The summed E-state index contributed by atoms with van der Waals surface area (Å²) in [5.41, 5.74) is 6.32. The maximum atomic E-state index is 12.5. The molecule has 3 aromatic heterocycles.